The van der Waals surface area contributed by atoms with E-state index >= 15 is 0 Å². The molecule has 1 heterocycles. The number of hydrogen-bond donors (Lipinski definition) is 0. The van der Waals surface area contributed by atoms with Gasteiger partial charge in [0.05, 0.1) is 14.2 Å². The smallest absolute Gasteiger partial charge is 0.167 e. The first-order valence-electron chi connectivity index (χ1n) is 11.8. The Balaban J connectivity index is 1.77. The molecule has 2 fully saturated rings. The summed E-state index contributed by atoms with van der Waals surface area (Å²) in [5.74, 6) is 2.54. The van der Waals surface area contributed by atoms with E-state index in [1.165, 1.54) is 12.8 Å². The molecule has 2 aromatic rings. The topological polar surface area (TPSA) is 66.2 Å². The molecule has 0 radical (unpaired) electrons. The van der Waals surface area contributed by atoms with Crippen LogP contribution in [-0.2, 0) is 6.54 Å². The van der Waals surface area contributed by atoms with Gasteiger partial charge in [-0.15, -0.1) is 0 Å². The fourth-order valence-corrected chi connectivity index (χ4v) is 6.99. The molecule has 1 aromatic heterocycles. The van der Waals surface area contributed by atoms with E-state index in [-0.39, 0.29) is 28.4 Å². The summed E-state index contributed by atoms with van der Waals surface area (Å²) in [5, 5.41) is 4.36. The molecule has 6 nitrogen and oxygen atoms in total. The molecule has 2 aliphatic carbocycles. The number of ether oxygens (including phenoxy) is 2. The van der Waals surface area contributed by atoms with Crippen molar-refractivity contribution in [1.82, 2.24) is 14.8 Å². The lowest BCUT2D eigenvalue weighted by molar-refractivity contribution is -0.105. The van der Waals surface area contributed by atoms with Crippen LogP contribution in [0, 0.1) is 34.5 Å². The molecular weight excluding hydrogens is 402 g/mol. The predicted molar refractivity (Wildman–Crippen MR) is 124 cm³/mol. The zero-order valence-corrected chi connectivity index (χ0v) is 20.3. The minimum atomic E-state index is -0.0637. The summed E-state index contributed by atoms with van der Waals surface area (Å²) in [6, 6.07) is 5.55. The maximum atomic E-state index is 14.2. The van der Waals surface area contributed by atoms with Crippen molar-refractivity contribution >= 4 is 5.78 Å². The molecule has 0 saturated heterocycles. The minimum Gasteiger partial charge on any atom is -0.497 e. The van der Waals surface area contributed by atoms with E-state index in [9.17, 15) is 4.79 Å². The van der Waals surface area contributed by atoms with Gasteiger partial charge in [-0.25, -0.2) is 4.98 Å². The Morgan fingerprint density at radius 3 is 2.41 bits per heavy atom. The van der Waals surface area contributed by atoms with Gasteiger partial charge in [-0.3, -0.25) is 9.48 Å². The number of ketones is 1. The number of methoxy groups -OCH3 is 2. The van der Waals surface area contributed by atoms with Crippen LogP contribution in [0.3, 0.4) is 0 Å². The van der Waals surface area contributed by atoms with Gasteiger partial charge in [0, 0.05) is 24.1 Å². The number of rotatable bonds is 6. The van der Waals surface area contributed by atoms with Crippen molar-refractivity contribution in [3.8, 4) is 11.5 Å². The summed E-state index contributed by atoms with van der Waals surface area (Å²) in [7, 11) is 3.25. The molecule has 0 spiro atoms. The highest BCUT2D eigenvalue weighted by atomic mass is 16.5. The average molecular weight is 440 g/mol. The summed E-state index contributed by atoms with van der Waals surface area (Å²) < 4.78 is 12.9. The van der Waals surface area contributed by atoms with Gasteiger partial charge in [-0.2, -0.15) is 5.10 Å². The van der Waals surface area contributed by atoms with Gasteiger partial charge in [-0.1, -0.05) is 34.1 Å². The lowest BCUT2D eigenvalue weighted by atomic mass is 9.44. The Morgan fingerprint density at radius 2 is 1.81 bits per heavy atom. The van der Waals surface area contributed by atoms with E-state index in [2.05, 4.69) is 37.8 Å². The molecule has 2 aliphatic rings. The second kappa shape index (κ2) is 8.53. The van der Waals surface area contributed by atoms with Gasteiger partial charge in [0.2, 0.25) is 0 Å². The fraction of sp³-hybridized carbons (Fsp3) is 0.654. The zero-order chi connectivity index (χ0) is 23.1. The van der Waals surface area contributed by atoms with E-state index in [1.807, 2.05) is 22.9 Å². The Morgan fingerprint density at radius 1 is 1.12 bits per heavy atom. The Labute approximate surface area is 191 Å². The van der Waals surface area contributed by atoms with E-state index in [0.29, 0.717) is 28.9 Å². The van der Waals surface area contributed by atoms with Crippen LogP contribution in [-0.4, -0.2) is 34.8 Å². The number of aromatic nitrogens is 3. The van der Waals surface area contributed by atoms with E-state index in [0.717, 1.165) is 19.4 Å². The Kier molecular flexibility index (Phi) is 6.08. The molecule has 2 saturated carbocycles. The molecule has 0 N–H and O–H groups in total. The maximum Gasteiger partial charge on any atom is 0.167 e. The molecular formula is C26H37N3O3. The van der Waals surface area contributed by atoms with Crippen molar-refractivity contribution in [2.24, 2.45) is 34.5 Å². The van der Waals surface area contributed by atoms with Gasteiger partial charge in [0.15, 0.2) is 5.78 Å². The van der Waals surface area contributed by atoms with Crippen LogP contribution in [0.2, 0.25) is 0 Å². The van der Waals surface area contributed by atoms with Crippen LogP contribution in [0.1, 0.15) is 63.7 Å². The Bertz CT molecular complexity index is 933. The van der Waals surface area contributed by atoms with Crippen LogP contribution in [0.4, 0.5) is 0 Å². The monoisotopic (exact) mass is 439 g/mol. The third-order valence-corrected chi connectivity index (χ3v) is 8.60. The molecule has 0 unspecified atom stereocenters. The van der Waals surface area contributed by atoms with Crippen LogP contribution in [0.25, 0.3) is 0 Å². The summed E-state index contributed by atoms with van der Waals surface area (Å²) >= 11 is 0. The maximum absolute atomic E-state index is 14.2. The summed E-state index contributed by atoms with van der Waals surface area (Å²) in [4.78, 5) is 18.4. The standard InChI is InChI=1S/C26H37N3O3/c1-17-19(14-29-16-27-15-28-29)12-22-25(2,3)8-7-9-26(22,4)23(17)24(30)18-10-20(31-5)13-21(11-18)32-6/h10-11,13,15-17,19,22-23H,7-9,12,14H2,1-6H3/t17-,19-,22+,23-,26+/m1/s1. The predicted octanol–water partition coefficient (Wildman–Crippen LogP) is 5.28. The van der Waals surface area contributed by atoms with Crippen LogP contribution >= 0.6 is 0 Å². The number of carbonyl (C=O) groups is 1. The van der Waals surface area contributed by atoms with Crippen molar-refractivity contribution < 1.29 is 14.3 Å². The molecule has 0 bridgehead atoms. The largest absolute Gasteiger partial charge is 0.497 e. The highest BCUT2D eigenvalue weighted by molar-refractivity contribution is 5.99. The van der Waals surface area contributed by atoms with Crippen molar-refractivity contribution in [2.75, 3.05) is 14.2 Å². The van der Waals surface area contributed by atoms with Gasteiger partial charge in [0.1, 0.15) is 24.2 Å². The third-order valence-electron chi connectivity index (χ3n) is 8.60. The number of hydrogen-bond acceptors (Lipinski definition) is 5. The summed E-state index contributed by atoms with van der Waals surface area (Å²) in [6.45, 7) is 10.2. The van der Waals surface area contributed by atoms with E-state index < -0.39 is 0 Å². The molecule has 1 aromatic carbocycles. The first-order chi connectivity index (χ1) is 15.2. The number of benzene rings is 1. The Hall–Kier alpha value is -2.37. The van der Waals surface area contributed by atoms with Gasteiger partial charge in [-0.05, 0) is 60.0 Å². The zero-order valence-electron chi connectivity index (χ0n) is 20.3. The highest BCUT2D eigenvalue weighted by Crippen LogP contribution is 2.63. The van der Waals surface area contributed by atoms with Crippen LogP contribution in [0.15, 0.2) is 30.9 Å². The number of nitrogens with zero attached hydrogens (tertiary/aromatic N) is 3. The molecule has 4 rings (SSSR count). The van der Waals surface area contributed by atoms with Crippen LogP contribution < -0.4 is 9.47 Å². The molecule has 6 heteroatoms. The van der Waals surface area contributed by atoms with Crippen molar-refractivity contribution in [2.45, 2.75) is 59.9 Å². The average Bonchev–Trinajstić information content (AvgIpc) is 3.27. The van der Waals surface area contributed by atoms with E-state index in [1.54, 1.807) is 26.9 Å². The normalized spacial score (nSPS) is 31.6. The highest BCUT2D eigenvalue weighted by Gasteiger charge is 2.58. The summed E-state index contributed by atoms with van der Waals surface area (Å²) in [5.41, 5.74) is 0.856. The first-order valence-corrected chi connectivity index (χ1v) is 11.8. The third kappa shape index (κ3) is 3.93. The SMILES string of the molecule is COc1cc(OC)cc(C(=O)[C@H]2[C@H](C)[C@@H](Cn3cncn3)C[C@H]3C(C)(C)CCC[C@]23C)c1. The molecule has 32 heavy (non-hydrogen) atoms. The van der Waals surface area contributed by atoms with Crippen LogP contribution in [0.5, 0.6) is 11.5 Å². The molecule has 5 atom stereocenters. The minimum absolute atomic E-state index is 0.0343. The van der Waals surface area contributed by atoms with Crippen molar-refractivity contribution in [1.29, 1.82) is 0 Å². The van der Waals surface area contributed by atoms with Gasteiger partial charge >= 0.3 is 0 Å². The summed E-state index contributed by atoms with van der Waals surface area (Å²) in [6.07, 6.45) is 7.98. The molecule has 0 amide bonds. The van der Waals surface area contributed by atoms with Gasteiger partial charge < -0.3 is 9.47 Å². The second-order valence-corrected chi connectivity index (χ2v) is 10.8. The fourth-order valence-electron chi connectivity index (χ4n) is 6.99. The number of Topliss-reactive ketones (excluding diaryl/α,β-unsaturated/α-hetero) is 1. The van der Waals surface area contributed by atoms with E-state index in [4.69, 9.17) is 9.47 Å². The van der Waals surface area contributed by atoms with Crippen molar-refractivity contribution in [3.63, 3.8) is 0 Å². The first kappa shape index (κ1) is 22.8. The lowest BCUT2D eigenvalue weighted by Crippen LogP contribution is -2.56. The quantitative estimate of drug-likeness (QED) is 0.573. The number of fused-ring (bicyclic) bond motifs is 1. The van der Waals surface area contributed by atoms with Gasteiger partial charge in [0.25, 0.3) is 0 Å². The number of carbonyl (C=O) groups excluding carboxylic acids is 1. The second-order valence-electron chi connectivity index (χ2n) is 10.8. The molecule has 174 valence electrons. The molecule has 0 aliphatic heterocycles. The lowest BCUT2D eigenvalue weighted by Gasteiger charge is -2.60. The van der Waals surface area contributed by atoms with Crippen molar-refractivity contribution in [3.05, 3.63) is 36.4 Å².